The van der Waals surface area contributed by atoms with E-state index in [1.807, 2.05) is 38.1 Å². The van der Waals surface area contributed by atoms with Gasteiger partial charge in [0, 0.05) is 20.3 Å². The Morgan fingerprint density at radius 2 is 2.22 bits per heavy atom. The maximum atomic E-state index is 5.78. The van der Waals surface area contributed by atoms with Crippen LogP contribution in [0.25, 0.3) is 0 Å². The molecule has 0 aliphatic carbocycles. The first-order valence-corrected chi connectivity index (χ1v) is 5.90. The van der Waals surface area contributed by atoms with Crippen LogP contribution in [0.1, 0.15) is 11.3 Å². The van der Waals surface area contributed by atoms with Gasteiger partial charge in [-0.05, 0) is 19.1 Å². The van der Waals surface area contributed by atoms with Crippen molar-refractivity contribution in [1.29, 1.82) is 0 Å². The zero-order valence-electron chi connectivity index (χ0n) is 10.6. The summed E-state index contributed by atoms with van der Waals surface area (Å²) in [6.07, 6.45) is 3.52. The van der Waals surface area contributed by atoms with Gasteiger partial charge in [-0.2, -0.15) is 5.10 Å². The highest BCUT2D eigenvalue weighted by Crippen LogP contribution is 2.27. The number of anilines is 2. The number of hydrogen-bond donors (Lipinski definition) is 1. The highest BCUT2D eigenvalue weighted by Gasteiger charge is 2.19. The quantitative estimate of drug-likeness (QED) is 0.849. The van der Waals surface area contributed by atoms with Crippen LogP contribution < -0.4 is 10.6 Å². The molecule has 18 heavy (non-hydrogen) atoms. The van der Waals surface area contributed by atoms with Crippen LogP contribution in [0.3, 0.4) is 0 Å². The van der Waals surface area contributed by atoms with E-state index in [1.54, 1.807) is 17.1 Å². The summed E-state index contributed by atoms with van der Waals surface area (Å²) in [6.45, 7) is 1.90. The fraction of sp³-hybridized carbons (Fsp3) is 0.250. The van der Waals surface area contributed by atoms with E-state index in [0.717, 1.165) is 22.8 Å². The molecule has 2 heterocycles. The van der Waals surface area contributed by atoms with Gasteiger partial charge in [0.15, 0.2) is 0 Å². The van der Waals surface area contributed by atoms with Crippen molar-refractivity contribution >= 4 is 28.7 Å². The largest absolute Gasteiger partial charge is 0.389 e. The molecule has 2 N–H and O–H groups in total. The first-order valence-electron chi connectivity index (χ1n) is 5.49. The second-order valence-corrected chi connectivity index (χ2v) is 4.48. The van der Waals surface area contributed by atoms with Gasteiger partial charge in [0.2, 0.25) is 0 Å². The average Bonchev–Trinajstić information content (AvgIpc) is 2.64. The minimum absolute atomic E-state index is 0.353. The summed E-state index contributed by atoms with van der Waals surface area (Å²) >= 11 is 5.10. The van der Waals surface area contributed by atoms with Crippen LogP contribution in [0, 0.1) is 6.92 Å². The van der Waals surface area contributed by atoms with E-state index >= 15 is 0 Å². The van der Waals surface area contributed by atoms with Crippen molar-refractivity contribution in [3.63, 3.8) is 0 Å². The number of thiocarbonyl (C=S) groups is 1. The van der Waals surface area contributed by atoms with Gasteiger partial charge in [-0.1, -0.05) is 12.2 Å². The fourth-order valence-corrected chi connectivity index (χ4v) is 2.23. The molecule has 0 aliphatic rings. The molecule has 0 amide bonds. The van der Waals surface area contributed by atoms with E-state index in [4.69, 9.17) is 18.0 Å². The van der Waals surface area contributed by atoms with E-state index in [9.17, 15) is 0 Å². The van der Waals surface area contributed by atoms with E-state index in [0.29, 0.717) is 4.99 Å². The fourth-order valence-electron chi connectivity index (χ4n) is 1.99. The number of pyridine rings is 1. The molecule has 5 nitrogen and oxygen atoms in total. The maximum Gasteiger partial charge on any atom is 0.141 e. The SMILES string of the molecule is Cc1nn(C)c(N(C)c2cccnc2)c1C(N)=S. The monoisotopic (exact) mass is 261 g/mol. The molecule has 0 aliphatic heterocycles. The second kappa shape index (κ2) is 4.73. The minimum Gasteiger partial charge on any atom is -0.389 e. The highest BCUT2D eigenvalue weighted by molar-refractivity contribution is 7.80. The number of aromatic nitrogens is 3. The number of rotatable bonds is 3. The minimum atomic E-state index is 0.353. The van der Waals surface area contributed by atoms with Crippen LogP contribution in [0.2, 0.25) is 0 Å². The van der Waals surface area contributed by atoms with Crippen LogP contribution in [0.4, 0.5) is 11.5 Å². The number of nitrogens with zero attached hydrogens (tertiary/aromatic N) is 4. The van der Waals surface area contributed by atoms with E-state index in [1.165, 1.54) is 0 Å². The predicted molar refractivity (Wildman–Crippen MR) is 76.1 cm³/mol. The topological polar surface area (TPSA) is 60.0 Å². The third-order valence-corrected chi connectivity index (χ3v) is 2.99. The Hall–Kier alpha value is -1.95. The summed E-state index contributed by atoms with van der Waals surface area (Å²) in [6, 6.07) is 3.86. The lowest BCUT2D eigenvalue weighted by Gasteiger charge is -2.20. The Bertz CT molecular complexity index is 576. The Balaban J connectivity index is 2.55. The average molecular weight is 261 g/mol. The lowest BCUT2D eigenvalue weighted by molar-refractivity contribution is 0.750. The second-order valence-electron chi connectivity index (χ2n) is 4.04. The summed E-state index contributed by atoms with van der Waals surface area (Å²) in [4.78, 5) is 6.43. The molecule has 2 aromatic heterocycles. The van der Waals surface area contributed by atoms with Gasteiger partial charge in [0.1, 0.15) is 10.8 Å². The molecule has 0 unspecified atom stereocenters. The van der Waals surface area contributed by atoms with Gasteiger partial charge in [0.25, 0.3) is 0 Å². The first kappa shape index (κ1) is 12.5. The van der Waals surface area contributed by atoms with Crippen molar-refractivity contribution in [2.24, 2.45) is 12.8 Å². The predicted octanol–water partition coefficient (Wildman–Crippen LogP) is 1.53. The van der Waals surface area contributed by atoms with Crippen molar-refractivity contribution in [3.8, 4) is 0 Å². The van der Waals surface area contributed by atoms with Gasteiger partial charge >= 0.3 is 0 Å². The first-order chi connectivity index (χ1) is 8.52. The Morgan fingerprint density at radius 3 is 2.78 bits per heavy atom. The van der Waals surface area contributed by atoms with Crippen LogP contribution in [-0.2, 0) is 7.05 Å². The Labute approximate surface area is 111 Å². The van der Waals surface area contributed by atoms with E-state index in [2.05, 4.69) is 10.1 Å². The molecule has 0 radical (unpaired) electrons. The molecule has 0 aromatic carbocycles. The lowest BCUT2D eigenvalue weighted by Crippen LogP contribution is -2.19. The molecule has 0 bridgehead atoms. The van der Waals surface area contributed by atoms with Crippen LogP contribution >= 0.6 is 12.2 Å². The third-order valence-electron chi connectivity index (χ3n) is 2.79. The van der Waals surface area contributed by atoms with Crippen LogP contribution in [0.15, 0.2) is 24.5 Å². The highest BCUT2D eigenvalue weighted by atomic mass is 32.1. The van der Waals surface area contributed by atoms with Crippen molar-refractivity contribution in [1.82, 2.24) is 14.8 Å². The molecule has 6 heteroatoms. The molecular formula is C12H15N5S. The molecule has 0 saturated heterocycles. The van der Waals surface area contributed by atoms with Gasteiger partial charge in [-0.15, -0.1) is 0 Å². The Kier molecular flexibility index (Phi) is 3.29. The maximum absolute atomic E-state index is 5.78. The van der Waals surface area contributed by atoms with Gasteiger partial charge in [-0.25, -0.2) is 0 Å². The van der Waals surface area contributed by atoms with E-state index in [-0.39, 0.29) is 0 Å². The zero-order chi connectivity index (χ0) is 13.3. The summed E-state index contributed by atoms with van der Waals surface area (Å²) in [5.41, 5.74) is 8.37. The van der Waals surface area contributed by atoms with Crippen LogP contribution in [-0.4, -0.2) is 26.8 Å². The molecule has 0 fully saturated rings. The standard InChI is InChI=1S/C12H15N5S/c1-8-10(11(13)18)12(17(3)15-8)16(2)9-5-4-6-14-7-9/h4-7H,1-3H3,(H2,13,18). The normalized spacial score (nSPS) is 10.4. The van der Waals surface area contributed by atoms with Gasteiger partial charge in [0.05, 0.1) is 23.1 Å². The van der Waals surface area contributed by atoms with Crippen molar-refractivity contribution in [3.05, 3.63) is 35.8 Å². The summed E-state index contributed by atoms with van der Waals surface area (Å²) < 4.78 is 1.77. The van der Waals surface area contributed by atoms with Crippen molar-refractivity contribution < 1.29 is 0 Å². The number of hydrogen-bond acceptors (Lipinski definition) is 4. The van der Waals surface area contributed by atoms with Gasteiger partial charge < -0.3 is 10.6 Å². The smallest absolute Gasteiger partial charge is 0.141 e. The molecule has 0 atom stereocenters. The Morgan fingerprint density at radius 1 is 1.50 bits per heavy atom. The summed E-state index contributed by atoms with van der Waals surface area (Å²) in [5, 5.41) is 4.37. The van der Waals surface area contributed by atoms with Gasteiger partial charge in [-0.3, -0.25) is 9.67 Å². The van der Waals surface area contributed by atoms with Crippen LogP contribution in [0.5, 0.6) is 0 Å². The molecular weight excluding hydrogens is 246 g/mol. The molecule has 0 saturated carbocycles. The van der Waals surface area contributed by atoms with Crippen molar-refractivity contribution in [2.45, 2.75) is 6.92 Å². The zero-order valence-corrected chi connectivity index (χ0v) is 11.4. The molecule has 2 aromatic rings. The summed E-state index contributed by atoms with van der Waals surface area (Å²) in [7, 11) is 3.81. The molecule has 2 rings (SSSR count). The number of aryl methyl sites for hydroxylation is 2. The lowest BCUT2D eigenvalue weighted by atomic mass is 10.2. The molecule has 94 valence electrons. The van der Waals surface area contributed by atoms with E-state index < -0.39 is 0 Å². The van der Waals surface area contributed by atoms with Crippen molar-refractivity contribution in [2.75, 3.05) is 11.9 Å². The summed E-state index contributed by atoms with van der Waals surface area (Å²) in [5.74, 6) is 0.869. The number of nitrogens with two attached hydrogens (primary N) is 1. The third kappa shape index (κ3) is 2.06. The molecule has 0 spiro atoms.